The van der Waals surface area contributed by atoms with Crippen LogP contribution in [0.3, 0.4) is 0 Å². The van der Waals surface area contributed by atoms with E-state index in [2.05, 4.69) is 18.4 Å². The van der Waals surface area contributed by atoms with Gasteiger partial charge in [-0.05, 0) is 26.2 Å². The third-order valence-corrected chi connectivity index (χ3v) is 2.65. The van der Waals surface area contributed by atoms with Gasteiger partial charge in [0, 0.05) is 11.8 Å². The lowest BCUT2D eigenvalue weighted by molar-refractivity contribution is -0.284. The van der Waals surface area contributed by atoms with Crippen LogP contribution < -0.4 is 0 Å². The highest BCUT2D eigenvalue weighted by Gasteiger charge is 2.38. The molecule has 16 heavy (non-hydrogen) atoms. The number of carbonyl (C=O) groups excluding carboxylic acids is 1. The average Bonchev–Trinajstić information content (AvgIpc) is 2.24. The molecule has 1 fully saturated rings. The first kappa shape index (κ1) is 13.0. The summed E-state index contributed by atoms with van der Waals surface area (Å²) in [5, 5.41) is 0. The van der Waals surface area contributed by atoms with Crippen LogP contribution in [0.2, 0.25) is 0 Å². The Balaban J connectivity index is 2.67. The van der Waals surface area contributed by atoms with Gasteiger partial charge in [-0.3, -0.25) is 4.79 Å². The molecular formula is C13H18O3. The summed E-state index contributed by atoms with van der Waals surface area (Å²) in [7, 11) is 0. The predicted octanol–water partition coefficient (Wildman–Crippen LogP) is 1.92. The van der Waals surface area contributed by atoms with E-state index in [0.717, 1.165) is 6.42 Å². The molecule has 1 aliphatic rings. The lowest BCUT2D eigenvalue weighted by Gasteiger charge is -2.42. The van der Waals surface area contributed by atoms with E-state index in [4.69, 9.17) is 9.47 Å². The van der Waals surface area contributed by atoms with E-state index in [1.165, 1.54) is 0 Å². The van der Waals surface area contributed by atoms with Crippen LogP contribution >= 0.6 is 0 Å². The molecular weight excluding hydrogens is 204 g/mol. The maximum Gasteiger partial charge on any atom is 0.192 e. The summed E-state index contributed by atoms with van der Waals surface area (Å²) < 4.78 is 11.3. The SMILES string of the molecule is C=CCC1(CC#CC=O)COC(C)(C)OC1. The Bertz CT molecular complexity index is 310. The summed E-state index contributed by atoms with van der Waals surface area (Å²) in [6, 6.07) is 0. The lowest BCUT2D eigenvalue weighted by Crippen LogP contribution is -2.46. The second-order valence-corrected chi connectivity index (χ2v) is 4.59. The van der Waals surface area contributed by atoms with Crippen LogP contribution in [-0.4, -0.2) is 25.3 Å². The number of hydrogen-bond donors (Lipinski definition) is 0. The molecule has 0 bridgehead atoms. The molecule has 1 saturated heterocycles. The second kappa shape index (κ2) is 5.29. The van der Waals surface area contributed by atoms with E-state index in [1.54, 1.807) is 0 Å². The number of ether oxygens (including phenoxy) is 2. The number of hydrogen-bond acceptors (Lipinski definition) is 3. The van der Waals surface area contributed by atoms with Gasteiger partial charge in [0.25, 0.3) is 0 Å². The van der Waals surface area contributed by atoms with Gasteiger partial charge in [-0.25, -0.2) is 0 Å². The van der Waals surface area contributed by atoms with E-state index >= 15 is 0 Å². The van der Waals surface area contributed by atoms with Crippen molar-refractivity contribution in [2.75, 3.05) is 13.2 Å². The highest BCUT2D eigenvalue weighted by Crippen LogP contribution is 2.35. The standard InChI is InChI=1S/C13H18O3/c1-4-7-13(8-5-6-9-14)10-15-12(2,3)16-11-13/h4,9H,1,7-8,10-11H2,2-3H3. The lowest BCUT2D eigenvalue weighted by atomic mass is 9.82. The van der Waals surface area contributed by atoms with Crippen LogP contribution in [-0.2, 0) is 14.3 Å². The summed E-state index contributed by atoms with van der Waals surface area (Å²) in [6.45, 7) is 8.68. The predicted molar refractivity (Wildman–Crippen MR) is 61.7 cm³/mol. The summed E-state index contributed by atoms with van der Waals surface area (Å²) >= 11 is 0. The van der Waals surface area contributed by atoms with Gasteiger partial charge in [0.15, 0.2) is 12.1 Å². The summed E-state index contributed by atoms with van der Waals surface area (Å²) in [5.41, 5.74) is -0.159. The highest BCUT2D eigenvalue weighted by atomic mass is 16.7. The van der Waals surface area contributed by atoms with Crippen molar-refractivity contribution in [3.8, 4) is 11.8 Å². The Hall–Kier alpha value is -1.11. The fourth-order valence-corrected chi connectivity index (χ4v) is 1.62. The average molecular weight is 222 g/mol. The highest BCUT2D eigenvalue weighted by molar-refractivity contribution is 5.72. The van der Waals surface area contributed by atoms with E-state index < -0.39 is 5.79 Å². The summed E-state index contributed by atoms with van der Waals surface area (Å²) in [5.74, 6) is 4.73. The molecule has 0 aliphatic carbocycles. The maximum atomic E-state index is 10.2. The molecule has 0 aromatic rings. The molecule has 1 heterocycles. The van der Waals surface area contributed by atoms with Crippen molar-refractivity contribution in [1.29, 1.82) is 0 Å². The van der Waals surface area contributed by atoms with Crippen LogP contribution in [0.15, 0.2) is 12.7 Å². The Morgan fingerprint density at radius 2 is 2.00 bits per heavy atom. The number of allylic oxidation sites excluding steroid dienone is 1. The molecule has 0 saturated carbocycles. The first-order valence-electron chi connectivity index (χ1n) is 5.34. The molecule has 88 valence electrons. The van der Waals surface area contributed by atoms with E-state index in [1.807, 2.05) is 19.9 Å². The summed E-state index contributed by atoms with van der Waals surface area (Å²) in [4.78, 5) is 10.2. The Labute approximate surface area is 96.8 Å². The van der Waals surface area contributed by atoms with Crippen LogP contribution in [0.1, 0.15) is 26.7 Å². The van der Waals surface area contributed by atoms with Crippen molar-refractivity contribution in [3.63, 3.8) is 0 Å². The van der Waals surface area contributed by atoms with Gasteiger partial charge in [0.1, 0.15) is 0 Å². The minimum absolute atomic E-state index is 0.159. The topological polar surface area (TPSA) is 35.5 Å². The molecule has 0 aromatic carbocycles. The zero-order valence-electron chi connectivity index (χ0n) is 9.91. The molecule has 0 N–H and O–H groups in total. The van der Waals surface area contributed by atoms with Crippen LogP contribution in [0.25, 0.3) is 0 Å². The quantitative estimate of drug-likeness (QED) is 0.416. The Kier molecular flexibility index (Phi) is 4.28. The maximum absolute atomic E-state index is 10.2. The van der Waals surface area contributed by atoms with Crippen LogP contribution in [0.5, 0.6) is 0 Å². The van der Waals surface area contributed by atoms with Gasteiger partial charge >= 0.3 is 0 Å². The molecule has 0 radical (unpaired) electrons. The smallest absolute Gasteiger partial charge is 0.192 e. The first-order chi connectivity index (χ1) is 7.54. The van der Waals surface area contributed by atoms with Gasteiger partial charge in [-0.1, -0.05) is 12.0 Å². The number of rotatable bonds is 3. The molecule has 1 rings (SSSR count). The zero-order valence-corrected chi connectivity index (χ0v) is 9.91. The fourth-order valence-electron chi connectivity index (χ4n) is 1.62. The second-order valence-electron chi connectivity index (χ2n) is 4.59. The Morgan fingerprint density at radius 3 is 2.50 bits per heavy atom. The molecule has 3 heteroatoms. The molecule has 3 nitrogen and oxygen atoms in total. The first-order valence-corrected chi connectivity index (χ1v) is 5.34. The molecule has 0 unspecified atom stereocenters. The van der Waals surface area contributed by atoms with Crippen molar-refractivity contribution >= 4 is 6.29 Å². The third kappa shape index (κ3) is 3.48. The molecule has 0 atom stereocenters. The molecule has 0 amide bonds. The number of carbonyl (C=O) groups is 1. The normalized spacial score (nSPS) is 21.6. The van der Waals surface area contributed by atoms with Crippen molar-refractivity contribution in [2.45, 2.75) is 32.5 Å². The van der Waals surface area contributed by atoms with Crippen molar-refractivity contribution in [1.82, 2.24) is 0 Å². The summed E-state index contributed by atoms with van der Waals surface area (Å²) in [6.07, 6.45) is 3.81. The monoisotopic (exact) mass is 222 g/mol. The fraction of sp³-hybridized carbons (Fsp3) is 0.615. The van der Waals surface area contributed by atoms with Crippen molar-refractivity contribution in [2.24, 2.45) is 5.41 Å². The van der Waals surface area contributed by atoms with Crippen LogP contribution in [0, 0.1) is 17.3 Å². The van der Waals surface area contributed by atoms with Gasteiger partial charge in [0.05, 0.1) is 13.2 Å². The van der Waals surface area contributed by atoms with Crippen LogP contribution in [0.4, 0.5) is 0 Å². The van der Waals surface area contributed by atoms with Gasteiger partial charge < -0.3 is 9.47 Å². The van der Waals surface area contributed by atoms with Gasteiger partial charge in [-0.2, -0.15) is 0 Å². The van der Waals surface area contributed by atoms with Gasteiger partial charge in [-0.15, -0.1) is 6.58 Å². The third-order valence-electron chi connectivity index (χ3n) is 2.65. The largest absolute Gasteiger partial charge is 0.350 e. The van der Waals surface area contributed by atoms with E-state index in [0.29, 0.717) is 25.9 Å². The minimum atomic E-state index is -0.525. The molecule has 0 aromatic heterocycles. The van der Waals surface area contributed by atoms with Gasteiger partial charge in [0.2, 0.25) is 0 Å². The molecule has 1 aliphatic heterocycles. The van der Waals surface area contributed by atoms with Crippen molar-refractivity contribution < 1.29 is 14.3 Å². The van der Waals surface area contributed by atoms with E-state index in [9.17, 15) is 4.79 Å². The molecule has 0 spiro atoms. The van der Waals surface area contributed by atoms with Crippen molar-refractivity contribution in [3.05, 3.63) is 12.7 Å². The zero-order chi connectivity index (χ0) is 12.1. The van der Waals surface area contributed by atoms with E-state index in [-0.39, 0.29) is 5.41 Å². The Morgan fingerprint density at radius 1 is 1.38 bits per heavy atom. The minimum Gasteiger partial charge on any atom is -0.350 e. The number of aldehydes is 1.